The molecule has 0 aliphatic rings. The molecule has 0 saturated carbocycles. The Balaban J connectivity index is 0.000000126. The maximum atomic E-state index is 13.7. The third kappa shape index (κ3) is 20.9. The zero-order valence-electron chi connectivity index (χ0n) is 79.5. The lowest BCUT2D eigenvalue weighted by molar-refractivity contribution is 0.628. The molecule has 0 spiro atoms. The molecule has 0 aromatic heterocycles. The third-order valence-electron chi connectivity index (χ3n) is 28.5. The summed E-state index contributed by atoms with van der Waals surface area (Å²) in [6.07, 6.45) is -7.05. The summed E-state index contributed by atoms with van der Waals surface area (Å²) >= 11 is 2.38. The van der Waals surface area contributed by atoms with Gasteiger partial charge in [-0.05, 0) is 132 Å². The first-order chi connectivity index (χ1) is 67.8. The minimum atomic E-state index is -1.94. The zero-order valence-corrected chi connectivity index (χ0v) is 81.6. The van der Waals surface area contributed by atoms with Gasteiger partial charge in [0.05, 0.1) is 11.6 Å². The van der Waals surface area contributed by atoms with Crippen molar-refractivity contribution in [1.82, 2.24) is 0 Å². The molecular formula is C128H108B5F4IN-5. The van der Waals surface area contributed by atoms with Crippen LogP contribution in [0.1, 0.15) is 44.5 Å². The highest BCUT2D eigenvalue weighted by Crippen LogP contribution is 2.21. The molecule has 0 aliphatic carbocycles. The minimum Gasteiger partial charge on any atom is -0.207 e. The molecule has 0 heterocycles. The summed E-state index contributed by atoms with van der Waals surface area (Å²) < 4.78 is 56.1. The summed E-state index contributed by atoms with van der Waals surface area (Å²) in [5, 5.41) is 9.24. The number of hydrogen-bond donors (Lipinski definition) is 0. The van der Waals surface area contributed by atoms with Gasteiger partial charge in [0.1, 0.15) is 54.0 Å². The number of nitrogens with zero attached hydrogens (tertiary/aromatic N) is 1. The van der Waals surface area contributed by atoms with Gasteiger partial charge in [0, 0.05) is 3.57 Å². The summed E-state index contributed by atoms with van der Waals surface area (Å²) in [6, 6.07) is 183. The quantitative estimate of drug-likeness (QED) is 0.0424. The van der Waals surface area contributed by atoms with E-state index in [4.69, 9.17) is 0 Å². The molecule has 680 valence electrons. The molecular weight excluding hydrogens is 1810 g/mol. The van der Waals surface area contributed by atoms with E-state index < -0.39 is 54.0 Å². The molecule has 20 aromatic carbocycles. The number of benzene rings is 20. The molecule has 0 saturated heterocycles. The predicted molar refractivity (Wildman–Crippen MR) is 601 cm³/mol. The van der Waals surface area contributed by atoms with Crippen LogP contribution in [0.15, 0.2) is 528 Å². The van der Waals surface area contributed by atoms with Gasteiger partial charge in [-0.15, -0.1) is 0 Å². The van der Waals surface area contributed by atoms with Crippen molar-refractivity contribution in [3.8, 4) is 6.07 Å². The Bertz CT molecular complexity index is 6490. The molecule has 0 fully saturated rings. The highest BCUT2D eigenvalue weighted by atomic mass is 127. The van der Waals surface area contributed by atoms with Gasteiger partial charge in [-0.3, -0.25) is 0 Å². The van der Waals surface area contributed by atoms with Crippen molar-refractivity contribution >= 4 is 163 Å². The first kappa shape index (κ1) is 96.8. The average Bonchev–Trinajstić information content (AvgIpc) is 0.739. The summed E-state index contributed by atoms with van der Waals surface area (Å²) in [6.45, 7) is 15.1. The van der Waals surface area contributed by atoms with Crippen molar-refractivity contribution in [3.05, 3.63) is 599 Å². The summed E-state index contributed by atoms with van der Waals surface area (Å²) in [7, 11) is 0. The molecule has 139 heavy (non-hydrogen) atoms. The second-order valence-corrected chi connectivity index (χ2v) is 38.3. The molecule has 11 heteroatoms. The lowest BCUT2D eigenvalue weighted by atomic mass is 9.13. The van der Waals surface area contributed by atoms with Gasteiger partial charge in [0.15, 0.2) is 0 Å². The van der Waals surface area contributed by atoms with Crippen molar-refractivity contribution < 1.29 is 17.6 Å². The highest BCUT2D eigenvalue weighted by Gasteiger charge is 2.37. The lowest BCUT2D eigenvalue weighted by Gasteiger charge is -2.44. The van der Waals surface area contributed by atoms with E-state index in [9.17, 15) is 22.8 Å². The fourth-order valence-corrected chi connectivity index (χ4v) is 21.9. The van der Waals surface area contributed by atoms with Gasteiger partial charge >= 0.3 is 0 Å². The standard InChI is InChI=1S/C28H28B.C27H26B.C25H19BN.C24H16BF4.C24H19BI/c1-21-5-13-25(14-6-21)29(26-15-7-22(2)8-16-26,27-17-9-23(3)10-18-27)28-19-11-24(4)12-20-28;1-21-9-15-25(16-10-21)28(24-7-5-4-6-8-24,26-17-11-22(2)12-18-26)27-19-13-23(3)14-20-27;27-20-21-16-18-25(19-17-21)26(22-10-4-1-5-11-22,23-12-6-2-7-13-23)24-14-8-3-9-15-24;26-21-9-1-17(2-10-21)25(18-3-11-22(27)12-4-18,19-5-13-23(28)14-6-19)20-7-15-24(29)16-8-20;26-24-18-16-23(17-19-24)25(20-10-4-1-5-11-20,21-12-6-2-7-13-21)22-14-8-3-9-15-22/h5-20H,1-4H3;4-20H,1-3H3;1-19H;1-16H;1-19H/q5*-1. The van der Waals surface area contributed by atoms with Crippen molar-refractivity contribution in [1.29, 1.82) is 5.26 Å². The zero-order chi connectivity index (χ0) is 96.8. The van der Waals surface area contributed by atoms with E-state index in [1.54, 1.807) is 48.5 Å². The van der Waals surface area contributed by atoms with E-state index in [2.05, 4.69) is 496 Å². The van der Waals surface area contributed by atoms with Crippen LogP contribution in [-0.2, 0) is 0 Å². The second-order valence-electron chi connectivity index (χ2n) is 37.1. The van der Waals surface area contributed by atoms with Crippen LogP contribution < -0.4 is 109 Å². The molecule has 20 rings (SSSR count). The molecule has 20 aromatic rings. The van der Waals surface area contributed by atoms with Crippen LogP contribution in [0.3, 0.4) is 0 Å². The first-order valence-electron chi connectivity index (χ1n) is 47.7. The summed E-state index contributed by atoms with van der Waals surface area (Å²) in [5.41, 5.74) is 33.8. The van der Waals surface area contributed by atoms with Gasteiger partial charge in [-0.1, -0.05) is 506 Å². The van der Waals surface area contributed by atoms with Crippen molar-refractivity contribution in [2.45, 2.75) is 48.5 Å². The maximum absolute atomic E-state index is 13.7. The molecule has 0 bridgehead atoms. The van der Waals surface area contributed by atoms with Crippen molar-refractivity contribution in [3.63, 3.8) is 0 Å². The van der Waals surface area contributed by atoms with Crippen LogP contribution in [0.25, 0.3) is 0 Å². The van der Waals surface area contributed by atoms with Crippen molar-refractivity contribution in [2.75, 3.05) is 0 Å². The second kappa shape index (κ2) is 44.6. The van der Waals surface area contributed by atoms with Crippen LogP contribution in [0.4, 0.5) is 17.6 Å². The number of halogens is 5. The smallest absolute Gasteiger partial charge is 0.122 e. The Morgan fingerprint density at radius 3 is 0.388 bits per heavy atom. The largest absolute Gasteiger partial charge is 0.207 e. The number of rotatable bonds is 20. The first-order valence-corrected chi connectivity index (χ1v) is 48.8. The van der Waals surface area contributed by atoms with Crippen LogP contribution in [-0.4, -0.2) is 30.7 Å². The van der Waals surface area contributed by atoms with E-state index in [0.29, 0.717) is 5.56 Å². The number of hydrogen-bond acceptors (Lipinski definition) is 1. The Hall–Kier alpha value is -15.3. The Kier molecular flexibility index (Phi) is 31.1. The molecule has 0 radical (unpaired) electrons. The molecule has 0 amide bonds. The van der Waals surface area contributed by atoms with Crippen LogP contribution in [0, 0.1) is 86.6 Å². The molecule has 1 nitrogen and oxygen atoms in total. The lowest BCUT2D eigenvalue weighted by Crippen LogP contribution is -2.74. The monoisotopic (exact) mass is 1920 g/mol. The normalized spacial score (nSPS) is 11.3. The number of aryl methyl sites for hydroxylation is 7. The van der Waals surface area contributed by atoms with Gasteiger partial charge in [0.25, 0.3) is 0 Å². The molecule has 0 aliphatic heterocycles. The van der Waals surface area contributed by atoms with Crippen LogP contribution in [0.5, 0.6) is 0 Å². The Labute approximate surface area is 832 Å². The van der Waals surface area contributed by atoms with Crippen molar-refractivity contribution in [2.24, 2.45) is 0 Å². The van der Waals surface area contributed by atoms with Gasteiger partial charge in [-0.2, -0.15) is 115 Å². The van der Waals surface area contributed by atoms with Gasteiger partial charge in [0.2, 0.25) is 0 Å². The minimum absolute atomic E-state index is 0.393. The Morgan fingerprint density at radius 1 is 0.151 bits per heavy atom. The van der Waals surface area contributed by atoms with E-state index in [1.807, 2.05) is 12.1 Å². The summed E-state index contributed by atoms with van der Waals surface area (Å²) in [5.74, 6) is -1.57. The SMILES string of the molecule is Cc1ccc([B-](c2ccc(C)cc2)(c2ccc(C)cc2)c2ccc(C)cc2)cc1.Cc1ccc([B-](c2ccccc2)(c2ccc(C)cc2)c2ccc(C)cc2)cc1.Fc1ccc([B-](c2ccc(F)cc2)(c2ccc(F)cc2)c2ccc(F)cc2)cc1.Ic1ccc([B-](c2ccccc2)(c2ccccc2)c2ccccc2)cc1.N#Cc1ccc([B-](c2ccccc2)(c2ccccc2)c2ccccc2)cc1. The molecule has 0 unspecified atom stereocenters. The predicted octanol–water partition coefficient (Wildman–Crippen LogP) is 18.5. The molecule has 0 N–H and O–H groups in total. The van der Waals surface area contributed by atoms with E-state index in [0.717, 1.165) is 21.9 Å². The highest BCUT2D eigenvalue weighted by molar-refractivity contribution is 14.1. The van der Waals surface area contributed by atoms with Crippen LogP contribution in [0.2, 0.25) is 0 Å². The molecule has 0 atom stereocenters. The van der Waals surface area contributed by atoms with E-state index in [1.165, 1.54) is 178 Å². The average molecular weight is 1920 g/mol. The third-order valence-corrected chi connectivity index (χ3v) is 29.2. The maximum Gasteiger partial charge on any atom is 0.122 e. The Morgan fingerprint density at radius 2 is 0.259 bits per heavy atom. The van der Waals surface area contributed by atoms with Crippen LogP contribution >= 0.6 is 22.6 Å². The summed E-state index contributed by atoms with van der Waals surface area (Å²) in [4.78, 5) is 0. The van der Waals surface area contributed by atoms with Gasteiger partial charge < -0.3 is 0 Å². The van der Waals surface area contributed by atoms with E-state index in [-0.39, 0.29) is 0 Å². The van der Waals surface area contributed by atoms with E-state index >= 15 is 0 Å². The topological polar surface area (TPSA) is 23.8 Å². The van der Waals surface area contributed by atoms with Gasteiger partial charge in [-0.25, -0.2) is 17.6 Å². The number of nitriles is 1. The fourth-order valence-electron chi connectivity index (χ4n) is 21.6. The fraction of sp³-hybridized carbons (Fsp3) is 0.0547.